The van der Waals surface area contributed by atoms with Crippen LogP contribution in [0.4, 0.5) is 0 Å². The SMILES string of the molecule is OCC1O[C@H](O[C@H]2OC(CO)(COCc3ccccc3)CC(OCc3ccccc3)C2OCc2ccccc2)C(OCc2ccccc2)C(OCc2ccccc2)[C@@H]1OCc1ccccc1. The van der Waals surface area contributed by atoms with E-state index in [0.29, 0.717) is 6.61 Å². The zero-order valence-electron chi connectivity index (χ0n) is 37.1. The molecule has 2 aliphatic heterocycles. The molecule has 346 valence electrons. The highest BCUT2D eigenvalue weighted by Crippen LogP contribution is 2.38. The molecule has 0 spiro atoms. The first-order valence-corrected chi connectivity index (χ1v) is 22.7. The minimum atomic E-state index is -1.29. The molecule has 0 radical (unpaired) electrons. The average molecular weight is 897 g/mol. The largest absolute Gasteiger partial charge is 0.394 e. The normalized spacial score (nSPS) is 25.4. The van der Waals surface area contributed by atoms with Crippen LogP contribution in [0.3, 0.4) is 0 Å². The number of hydrogen-bond donors (Lipinski definition) is 2. The summed E-state index contributed by atoms with van der Waals surface area (Å²) in [6.07, 6.45) is -7.14. The van der Waals surface area contributed by atoms with Gasteiger partial charge in [0.1, 0.15) is 36.1 Å². The Labute approximate surface area is 387 Å². The van der Waals surface area contributed by atoms with Crippen molar-refractivity contribution in [2.45, 2.75) is 101 Å². The first-order chi connectivity index (χ1) is 32.6. The van der Waals surface area contributed by atoms with E-state index in [4.69, 9.17) is 42.6 Å². The molecule has 0 aromatic heterocycles. The zero-order chi connectivity index (χ0) is 45.2. The van der Waals surface area contributed by atoms with Gasteiger partial charge in [-0.05, 0) is 33.4 Å². The molecule has 66 heavy (non-hydrogen) atoms. The molecule has 9 atom stereocenters. The molecule has 11 heteroatoms. The van der Waals surface area contributed by atoms with Crippen LogP contribution in [0.1, 0.15) is 39.8 Å². The van der Waals surface area contributed by atoms with Crippen molar-refractivity contribution in [2.24, 2.45) is 0 Å². The van der Waals surface area contributed by atoms with Gasteiger partial charge in [0, 0.05) is 6.42 Å². The van der Waals surface area contributed by atoms with Gasteiger partial charge in [-0.2, -0.15) is 0 Å². The van der Waals surface area contributed by atoms with Crippen LogP contribution in [-0.2, 0) is 82.3 Å². The summed E-state index contributed by atoms with van der Waals surface area (Å²) in [6.45, 7) is 0.617. The van der Waals surface area contributed by atoms with Crippen LogP contribution >= 0.6 is 0 Å². The van der Waals surface area contributed by atoms with Crippen LogP contribution in [0.5, 0.6) is 0 Å². The number of rotatable bonds is 23. The summed E-state index contributed by atoms with van der Waals surface area (Å²) >= 11 is 0. The number of aliphatic hydroxyl groups excluding tert-OH is 2. The van der Waals surface area contributed by atoms with Crippen molar-refractivity contribution in [3.05, 3.63) is 215 Å². The van der Waals surface area contributed by atoms with Crippen LogP contribution in [0.25, 0.3) is 0 Å². The second-order valence-corrected chi connectivity index (χ2v) is 16.8. The molecular formula is C55H60O11. The third-order valence-corrected chi connectivity index (χ3v) is 11.8. The Morgan fingerprint density at radius 2 is 0.803 bits per heavy atom. The minimum absolute atomic E-state index is 0.0196. The van der Waals surface area contributed by atoms with Gasteiger partial charge in [0.25, 0.3) is 0 Å². The maximum Gasteiger partial charge on any atom is 0.190 e. The molecule has 0 saturated carbocycles. The smallest absolute Gasteiger partial charge is 0.190 e. The van der Waals surface area contributed by atoms with E-state index in [-0.39, 0.29) is 46.1 Å². The van der Waals surface area contributed by atoms with Gasteiger partial charge >= 0.3 is 0 Å². The van der Waals surface area contributed by atoms with E-state index in [1.54, 1.807) is 0 Å². The summed E-state index contributed by atoms with van der Waals surface area (Å²) in [4.78, 5) is 0. The number of benzene rings is 6. The molecular weight excluding hydrogens is 837 g/mol. The van der Waals surface area contributed by atoms with Gasteiger partial charge in [0.05, 0.1) is 65.6 Å². The molecule has 2 N–H and O–H groups in total. The molecule has 2 fully saturated rings. The van der Waals surface area contributed by atoms with Gasteiger partial charge < -0.3 is 52.8 Å². The Kier molecular flexibility index (Phi) is 17.7. The van der Waals surface area contributed by atoms with Crippen molar-refractivity contribution in [1.82, 2.24) is 0 Å². The number of hydrogen-bond acceptors (Lipinski definition) is 11. The molecule has 2 heterocycles. The first-order valence-electron chi connectivity index (χ1n) is 22.7. The minimum Gasteiger partial charge on any atom is -0.394 e. The van der Waals surface area contributed by atoms with Crippen LogP contribution < -0.4 is 0 Å². The highest BCUT2D eigenvalue weighted by molar-refractivity contribution is 5.18. The van der Waals surface area contributed by atoms with E-state index < -0.39 is 68.0 Å². The molecule has 2 saturated heterocycles. The monoisotopic (exact) mass is 896 g/mol. The Hall–Kier alpha value is -5.12. The maximum atomic E-state index is 11.3. The van der Waals surface area contributed by atoms with E-state index in [1.807, 2.05) is 182 Å². The molecule has 6 unspecified atom stereocenters. The van der Waals surface area contributed by atoms with Gasteiger partial charge in [-0.15, -0.1) is 0 Å². The lowest BCUT2D eigenvalue weighted by atomic mass is 9.90. The summed E-state index contributed by atoms with van der Waals surface area (Å²) in [6, 6.07) is 59.1. The lowest BCUT2D eigenvalue weighted by Crippen LogP contribution is -2.65. The lowest BCUT2D eigenvalue weighted by Gasteiger charge is -2.50. The van der Waals surface area contributed by atoms with Gasteiger partial charge in [-0.25, -0.2) is 0 Å². The standard InChI is InChI=1S/C55H60O11/c56-32-48-49(60-35-43-23-11-3-12-24-43)51(62-37-45-27-15-5-16-28-45)52(63-38-46-29-17-6-18-30-46)53(64-48)65-54-50(61-36-44-25-13-4-14-26-44)47(59-34-42-21-9-2-10-22-42)31-55(39-57,66-54)40-58-33-41-19-7-1-8-20-41/h1-30,47-54,56-57H,31-40H2/t47?,48?,49-,50?,51?,52?,53-,54+,55?/m1/s1. The van der Waals surface area contributed by atoms with Crippen LogP contribution in [0, 0.1) is 0 Å². The van der Waals surface area contributed by atoms with E-state index in [9.17, 15) is 10.2 Å². The van der Waals surface area contributed by atoms with Crippen LogP contribution in [-0.4, -0.2) is 84.8 Å². The fraction of sp³-hybridized carbons (Fsp3) is 0.345. The molecule has 0 bridgehead atoms. The quantitative estimate of drug-likeness (QED) is 0.0646. The fourth-order valence-corrected chi connectivity index (χ4v) is 8.31. The fourth-order valence-electron chi connectivity index (χ4n) is 8.31. The van der Waals surface area contributed by atoms with Gasteiger partial charge in [0.2, 0.25) is 0 Å². The predicted octanol–water partition coefficient (Wildman–Crippen LogP) is 8.34. The van der Waals surface area contributed by atoms with Crippen molar-refractivity contribution in [2.75, 3.05) is 19.8 Å². The van der Waals surface area contributed by atoms with Gasteiger partial charge in [-0.1, -0.05) is 182 Å². The Morgan fingerprint density at radius 3 is 1.23 bits per heavy atom. The number of ether oxygens (including phenoxy) is 9. The second kappa shape index (κ2) is 24.6. The van der Waals surface area contributed by atoms with Crippen LogP contribution in [0.2, 0.25) is 0 Å². The lowest BCUT2D eigenvalue weighted by molar-refractivity contribution is -0.397. The molecule has 6 aromatic rings. The summed E-state index contributed by atoms with van der Waals surface area (Å²) in [5.41, 5.74) is 4.40. The van der Waals surface area contributed by atoms with Crippen molar-refractivity contribution >= 4 is 0 Å². The highest BCUT2D eigenvalue weighted by Gasteiger charge is 2.54. The van der Waals surface area contributed by atoms with Crippen molar-refractivity contribution in [3.8, 4) is 0 Å². The Bertz CT molecular complexity index is 2240. The molecule has 8 rings (SSSR count). The van der Waals surface area contributed by atoms with E-state index in [2.05, 4.69) is 0 Å². The van der Waals surface area contributed by atoms with Crippen molar-refractivity contribution in [1.29, 1.82) is 0 Å². The zero-order valence-corrected chi connectivity index (χ0v) is 37.1. The van der Waals surface area contributed by atoms with Crippen molar-refractivity contribution in [3.63, 3.8) is 0 Å². The molecule has 6 aromatic carbocycles. The van der Waals surface area contributed by atoms with E-state index in [0.717, 1.165) is 33.4 Å². The van der Waals surface area contributed by atoms with Gasteiger partial charge in [-0.3, -0.25) is 0 Å². The first kappa shape index (κ1) is 47.4. The Balaban J connectivity index is 1.15. The van der Waals surface area contributed by atoms with Crippen LogP contribution in [0.15, 0.2) is 182 Å². The summed E-state index contributed by atoms with van der Waals surface area (Å²) in [5.74, 6) is 0. The van der Waals surface area contributed by atoms with E-state index in [1.165, 1.54) is 0 Å². The second-order valence-electron chi connectivity index (χ2n) is 16.8. The summed E-state index contributed by atoms with van der Waals surface area (Å²) in [5, 5.41) is 22.4. The summed E-state index contributed by atoms with van der Waals surface area (Å²) in [7, 11) is 0. The molecule has 0 aliphatic carbocycles. The maximum absolute atomic E-state index is 11.3. The molecule has 11 nitrogen and oxygen atoms in total. The highest BCUT2D eigenvalue weighted by atomic mass is 16.8. The predicted molar refractivity (Wildman–Crippen MR) is 247 cm³/mol. The molecule has 2 aliphatic rings. The van der Waals surface area contributed by atoms with E-state index >= 15 is 0 Å². The third-order valence-electron chi connectivity index (χ3n) is 11.8. The topological polar surface area (TPSA) is 124 Å². The third kappa shape index (κ3) is 13.3. The Morgan fingerprint density at radius 1 is 0.424 bits per heavy atom. The summed E-state index contributed by atoms with van der Waals surface area (Å²) < 4.78 is 61.0. The average Bonchev–Trinajstić information content (AvgIpc) is 3.38. The van der Waals surface area contributed by atoms with Gasteiger partial charge in [0.15, 0.2) is 12.6 Å². The number of aliphatic hydroxyl groups is 2. The molecule has 0 amide bonds. The van der Waals surface area contributed by atoms with Crippen molar-refractivity contribution < 1.29 is 52.8 Å².